The predicted molar refractivity (Wildman–Crippen MR) is 85.4 cm³/mol. The van der Waals surface area contributed by atoms with Gasteiger partial charge in [0, 0.05) is 12.6 Å². The quantitative estimate of drug-likeness (QED) is 0.897. The van der Waals surface area contributed by atoms with Crippen molar-refractivity contribution in [3.63, 3.8) is 0 Å². The number of rotatable bonds is 3. The Morgan fingerprint density at radius 3 is 2.76 bits per heavy atom. The van der Waals surface area contributed by atoms with Crippen LogP contribution in [-0.4, -0.2) is 25.0 Å². The molecule has 1 aromatic carbocycles. The Labute approximate surface area is 127 Å². The molecule has 0 spiro atoms. The molecule has 0 bridgehead atoms. The third kappa shape index (κ3) is 2.98. The van der Waals surface area contributed by atoms with Crippen LogP contribution in [-0.2, 0) is 10.2 Å². The summed E-state index contributed by atoms with van der Waals surface area (Å²) in [5.41, 5.74) is 2.16. The van der Waals surface area contributed by atoms with Crippen LogP contribution in [0.15, 0.2) is 24.3 Å². The van der Waals surface area contributed by atoms with Gasteiger partial charge >= 0.3 is 0 Å². The Morgan fingerprint density at radius 1 is 1.29 bits per heavy atom. The first-order chi connectivity index (χ1) is 10.2. The summed E-state index contributed by atoms with van der Waals surface area (Å²) < 4.78 is 0. The van der Waals surface area contributed by atoms with Crippen molar-refractivity contribution in [1.29, 1.82) is 0 Å². The molecule has 2 N–H and O–H groups in total. The molecular weight excluding hydrogens is 260 g/mol. The zero-order valence-corrected chi connectivity index (χ0v) is 13.0. The lowest BCUT2D eigenvalue weighted by Gasteiger charge is -2.37. The minimum atomic E-state index is -0.299. The molecule has 21 heavy (non-hydrogen) atoms. The fourth-order valence-electron chi connectivity index (χ4n) is 3.85. The van der Waals surface area contributed by atoms with E-state index in [-0.39, 0.29) is 11.3 Å². The Bertz CT molecular complexity index is 500. The van der Waals surface area contributed by atoms with Crippen LogP contribution in [0.2, 0.25) is 0 Å². The van der Waals surface area contributed by atoms with Gasteiger partial charge in [-0.15, -0.1) is 0 Å². The van der Waals surface area contributed by atoms with E-state index in [9.17, 15) is 4.79 Å². The SMILES string of the molecule is Cc1cccc(C2(C(=O)NC3CCNC3)CCCCC2)c1. The third-order valence-electron chi connectivity index (χ3n) is 5.11. The van der Waals surface area contributed by atoms with Crippen LogP contribution in [0.4, 0.5) is 0 Å². The van der Waals surface area contributed by atoms with E-state index in [0.29, 0.717) is 6.04 Å². The number of nitrogens with one attached hydrogen (secondary N) is 2. The van der Waals surface area contributed by atoms with Gasteiger partial charge in [0.05, 0.1) is 5.41 Å². The summed E-state index contributed by atoms with van der Waals surface area (Å²) in [6.45, 7) is 4.04. The van der Waals surface area contributed by atoms with Gasteiger partial charge in [-0.1, -0.05) is 49.1 Å². The molecule has 0 radical (unpaired) electrons. The summed E-state index contributed by atoms with van der Waals surface area (Å²) in [6, 6.07) is 8.86. The van der Waals surface area contributed by atoms with Crippen LogP contribution in [0.1, 0.15) is 49.7 Å². The number of benzene rings is 1. The molecule has 2 aliphatic rings. The average Bonchev–Trinajstić information content (AvgIpc) is 3.01. The molecule has 1 aliphatic heterocycles. The number of carbonyl (C=O) groups is 1. The summed E-state index contributed by atoms with van der Waals surface area (Å²) in [6.07, 6.45) is 6.60. The molecule has 3 heteroatoms. The summed E-state index contributed by atoms with van der Waals surface area (Å²) in [4.78, 5) is 13.0. The maximum absolute atomic E-state index is 13.0. The summed E-state index contributed by atoms with van der Waals surface area (Å²) in [7, 11) is 0. The maximum atomic E-state index is 13.0. The number of aryl methyl sites for hydroxylation is 1. The summed E-state index contributed by atoms with van der Waals surface area (Å²) >= 11 is 0. The molecule has 3 rings (SSSR count). The second-order valence-corrected chi connectivity index (χ2v) is 6.68. The van der Waals surface area contributed by atoms with Crippen LogP contribution < -0.4 is 10.6 Å². The highest BCUT2D eigenvalue weighted by atomic mass is 16.2. The van der Waals surface area contributed by atoms with Gasteiger partial charge in [-0.05, 0) is 38.3 Å². The zero-order chi connectivity index (χ0) is 14.7. The molecule has 3 nitrogen and oxygen atoms in total. The van der Waals surface area contributed by atoms with Crippen molar-refractivity contribution in [1.82, 2.24) is 10.6 Å². The van der Waals surface area contributed by atoms with E-state index in [0.717, 1.165) is 45.2 Å². The normalized spacial score (nSPS) is 24.7. The van der Waals surface area contributed by atoms with E-state index in [4.69, 9.17) is 0 Å². The summed E-state index contributed by atoms with van der Waals surface area (Å²) in [5, 5.41) is 6.63. The molecule has 1 aliphatic carbocycles. The van der Waals surface area contributed by atoms with E-state index >= 15 is 0 Å². The van der Waals surface area contributed by atoms with Gasteiger partial charge in [0.25, 0.3) is 0 Å². The van der Waals surface area contributed by atoms with Gasteiger partial charge < -0.3 is 10.6 Å². The number of carbonyl (C=O) groups excluding carboxylic acids is 1. The lowest BCUT2D eigenvalue weighted by Crippen LogP contribution is -2.49. The smallest absolute Gasteiger partial charge is 0.230 e. The van der Waals surface area contributed by atoms with Crippen molar-refractivity contribution >= 4 is 5.91 Å². The van der Waals surface area contributed by atoms with Gasteiger partial charge in [0.15, 0.2) is 0 Å². The second-order valence-electron chi connectivity index (χ2n) is 6.68. The van der Waals surface area contributed by atoms with E-state index in [1.165, 1.54) is 17.5 Å². The fourth-order valence-corrected chi connectivity index (χ4v) is 3.85. The minimum absolute atomic E-state index is 0.251. The first-order valence-corrected chi connectivity index (χ1v) is 8.29. The molecule has 2 fully saturated rings. The topological polar surface area (TPSA) is 41.1 Å². The van der Waals surface area contributed by atoms with Crippen molar-refractivity contribution in [2.75, 3.05) is 13.1 Å². The molecule has 1 unspecified atom stereocenters. The maximum Gasteiger partial charge on any atom is 0.230 e. The van der Waals surface area contributed by atoms with Gasteiger partial charge in [0.2, 0.25) is 5.91 Å². The molecule has 1 atom stereocenters. The first-order valence-electron chi connectivity index (χ1n) is 8.29. The van der Waals surface area contributed by atoms with Crippen LogP contribution in [0.5, 0.6) is 0 Å². The van der Waals surface area contributed by atoms with Crippen LogP contribution in [0.25, 0.3) is 0 Å². The lowest BCUT2D eigenvalue weighted by molar-refractivity contribution is -0.128. The molecule has 1 heterocycles. The van der Waals surface area contributed by atoms with Gasteiger partial charge in [0.1, 0.15) is 0 Å². The van der Waals surface area contributed by atoms with E-state index in [1.807, 2.05) is 0 Å². The first kappa shape index (κ1) is 14.6. The Hall–Kier alpha value is -1.35. The van der Waals surface area contributed by atoms with Crippen LogP contribution in [0, 0.1) is 6.92 Å². The monoisotopic (exact) mass is 286 g/mol. The standard InChI is InChI=1S/C18H26N2O/c1-14-6-5-7-15(12-14)18(9-3-2-4-10-18)17(21)20-16-8-11-19-13-16/h5-7,12,16,19H,2-4,8-11,13H2,1H3,(H,20,21). The Morgan fingerprint density at radius 2 is 2.10 bits per heavy atom. The largest absolute Gasteiger partial charge is 0.351 e. The lowest BCUT2D eigenvalue weighted by atomic mass is 9.68. The van der Waals surface area contributed by atoms with Crippen LogP contribution in [0.3, 0.4) is 0 Å². The van der Waals surface area contributed by atoms with E-state index in [1.54, 1.807) is 0 Å². The average molecular weight is 286 g/mol. The van der Waals surface area contributed by atoms with Gasteiger partial charge in [-0.25, -0.2) is 0 Å². The Balaban J connectivity index is 1.86. The molecule has 1 saturated carbocycles. The van der Waals surface area contributed by atoms with E-state index in [2.05, 4.69) is 41.8 Å². The number of hydrogen-bond acceptors (Lipinski definition) is 2. The van der Waals surface area contributed by atoms with Crippen molar-refractivity contribution < 1.29 is 4.79 Å². The molecule has 1 saturated heterocycles. The minimum Gasteiger partial charge on any atom is -0.351 e. The van der Waals surface area contributed by atoms with Crippen molar-refractivity contribution in [2.24, 2.45) is 0 Å². The summed E-state index contributed by atoms with van der Waals surface area (Å²) in [5.74, 6) is 0.251. The van der Waals surface area contributed by atoms with Crippen molar-refractivity contribution in [2.45, 2.75) is 56.9 Å². The van der Waals surface area contributed by atoms with Crippen LogP contribution >= 0.6 is 0 Å². The predicted octanol–water partition coefficient (Wildman–Crippen LogP) is 2.68. The highest BCUT2D eigenvalue weighted by molar-refractivity contribution is 5.88. The van der Waals surface area contributed by atoms with Gasteiger partial charge in [-0.3, -0.25) is 4.79 Å². The van der Waals surface area contributed by atoms with Crippen molar-refractivity contribution in [3.8, 4) is 0 Å². The van der Waals surface area contributed by atoms with Crippen molar-refractivity contribution in [3.05, 3.63) is 35.4 Å². The fraction of sp³-hybridized carbons (Fsp3) is 0.611. The Kier molecular flexibility index (Phi) is 4.29. The number of hydrogen-bond donors (Lipinski definition) is 2. The third-order valence-corrected chi connectivity index (χ3v) is 5.11. The molecule has 114 valence electrons. The zero-order valence-electron chi connectivity index (χ0n) is 13.0. The molecule has 1 aromatic rings. The second kappa shape index (κ2) is 6.18. The number of amides is 1. The molecule has 0 aromatic heterocycles. The highest BCUT2D eigenvalue weighted by Gasteiger charge is 2.41. The van der Waals surface area contributed by atoms with Gasteiger partial charge in [-0.2, -0.15) is 0 Å². The highest BCUT2D eigenvalue weighted by Crippen LogP contribution is 2.40. The molecular formula is C18H26N2O. The molecule has 1 amide bonds. The van der Waals surface area contributed by atoms with E-state index < -0.39 is 0 Å².